The Bertz CT molecular complexity index is 927. The normalized spacial score (nSPS) is 11.2. The van der Waals surface area contributed by atoms with Crippen LogP contribution in [0, 0.1) is 0 Å². The zero-order valence-corrected chi connectivity index (χ0v) is 17.5. The third-order valence-electron chi connectivity index (χ3n) is 4.82. The highest BCUT2D eigenvalue weighted by Crippen LogP contribution is 2.36. The molecule has 3 aromatic rings. The third-order valence-corrected chi connectivity index (χ3v) is 4.82. The number of hydrogen-bond acceptors (Lipinski definition) is 5. The topological polar surface area (TPSA) is 62.8 Å². The van der Waals surface area contributed by atoms with Crippen LogP contribution in [0.1, 0.15) is 26.7 Å². The van der Waals surface area contributed by atoms with Gasteiger partial charge in [0.1, 0.15) is 30.5 Å². The lowest BCUT2D eigenvalue weighted by molar-refractivity contribution is 0.314. The number of phenolic OH excluding ortho intramolecular Hbond substituents is 1. The van der Waals surface area contributed by atoms with Crippen molar-refractivity contribution in [1.29, 1.82) is 0 Å². The van der Waals surface area contributed by atoms with Crippen molar-refractivity contribution >= 4 is 21.5 Å². The molecule has 0 amide bonds. The van der Waals surface area contributed by atoms with Gasteiger partial charge in [0.25, 0.3) is 0 Å². The van der Waals surface area contributed by atoms with Crippen molar-refractivity contribution in [3.8, 4) is 17.2 Å². The summed E-state index contributed by atoms with van der Waals surface area (Å²) in [5.41, 5.74) is 0. The monoisotopic (exact) mass is 396 g/mol. The molecule has 3 N–H and O–H groups in total. The van der Waals surface area contributed by atoms with Gasteiger partial charge in [-0.2, -0.15) is 0 Å². The maximum atomic E-state index is 10.6. The molecule has 3 aromatic carbocycles. The molecule has 0 aliphatic rings. The van der Waals surface area contributed by atoms with E-state index in [4.69, 9.17) is 9.47 Å². The average molecular weight is 397 g/mol. The van der Waals surface area contributed by atoms with Gasteiger partial charge in [-0.1, -0.05) is 19.9 Å². The fourth-order valence-corrected chi connectivity index (χ4v) is 3.37. The first-order chi connectivity index (χ1) is 14.2. The summed E-state index contributed by atoms with van der Waals surface area (Å²) < 4.78 is 11.7. The maximum absolute atomic E-state index is 10.6. The molecule has 0 aromatic heterocycles. The van der Waals surface area contributed by atoms with E-state index in [0.717, 1.165) is 72.1 Å². The Labute approximate surface area is 173 Å². The van der Waals surface area contributed by atoms with E-state index in [-0.39, 0.29) is 5.75 Å². The summed E-state index contributed by atoms with van der Waals surface area (Å²) in [7, 11) is 0. The molecule has 0 unspecified atom stereocenters. The summed E-state index contributed by atoms with van der Waals surface area (Å²) >= 11 is 0. The number of nitrogens with one attached hydrogen (secondary N) is 2. The van der Waals surface area contributed by atoms with Gasteiger partial charge in [-0.05, 0) is 78.5 Å². The van der Waals surface area contributed by atoms with Gasteiger partial charge in [-0.15, -0.1) is 0 Å². The van der Waals surface area contributed by atoms with Crippen LogP contribution in [-0.4, -0.2) is 44.5 Å². The number of benzene rings is 3. The van der Waals surface area contributed by atoms with Crippen molar-refractivity contribution < 1.29 is 14.6 Å². The Morgan fingerprint density at radius 1 is 0.690 bits per heavy atom. The van der Waals surface area contributed by atoms with Crippen molar-refractivity contribution in [2.45, 2.75) is 26.7 Å². The van der Waals surface area contributed by atoms with Gasteiger partial charge in [0.05, 0.1) is 0 Å². The number of ether oxygens (including phenoxy) is 2. The van der Waals surface area contributed by atoms with Gasteiger partial charge in [0, 0.05) is 18.5 Å². The zero-order chi connectivity index (χ0) is 20.5. The number of hydrogen-bond donors (Lipinski definition) is 3. The molecule has 0 fully saturated rings. The van der Waals surface area contributed by atoms with Crippen LogP contribution in [0.3, 0.4) is 0 Å². The molecule has 5 heteroatoms. The Balaban J connectivity index is 1.73. The standard InChI is InChI=1S/C24H32N2O3/c1-3-9-25-11-13-28-19-5-7-21-18(15-19)16-24(27)23-17-20(6-8-22(21)23)29-14-12-26-10-4-2/h5-8,15-17,25-27H,3-4,9-14H2,1-2H3. The molecule has 0 radical (unpaired) electrons. The Morgan fingerprint density at radius 3 is 1.90 bits per heavy atom. The van der Waals surface area contributed by atoms with E-state index in [2.05, 4.69) is 30.5 Å². The van der Waals surface area contributed by atoms with E-state index < -0.39 is 0 Å². The molecule has 0 aliphatic carbocycles. The summed E-state index contributed by atoms with van der Waals surface area (Å²) in [6.07, 6.45) is 2.23. The van der Waals surface area contributed by atoms with Crippen LogP contribution in [0.4, 0.5) is 0 Å². The van der Waals surface area contributed by atoms with Crippen LogP contribution < -0.4 is 20.1 Å². The first-order valence-electron chi connectivity index (χ1n) is 10.6. The number of fused-ring (bicyclic) bond motifs is 3. The SMILES string of the molecule is CCCNCCOc1ccc2c(c1)cc(O)c1cc(OCCNCCC)ccc12. The molecule has 0 atom stereocenters. The van der Waals surface area contributed by atoms with Crippen molar-refractivity contribution in [2.75, 3.05) is 39.4 Å². The van der Waals surface area contributed by atoms with Gasteiger partial charge in [0.15, 0.2) is 0 Å². The second kappa shape index (κ2) is 10.9. The maximum Gasteiger partial charge on any atom is 0.124 e. The van der Waals surface area contributed by atoms with Gasteiger partial charge in [-0.25, -0.2) is 0 Å². The van der Waals surface area contributed by atoms with Crippen molar-refractivity contribution in [3.63, 3.8) is 0 Å². The minimum atomic E-state index is 0.254. The van der Waals surface area contributed by atoms with E-state index in [9.17, 15) is 5.11 Å². The summed E-state index contributed by atoms with van der Waals surface area (Å²) in [5.74, 6) is 1.84. The molecule has 0 heterocycles. The number of phenols is 1. The quantitative estimate of drug-likeness (QED) is 0.312. The van der Waals surface area contributed by atoms with Crippen molar-refractivity contribution in [3.05, 3.63) is 42.5 Å². The van der Waals surface area contributed by atoms with E-state index >= 15 is 0 Å². The van der Waals surface area contributed by atoms with Crippen LogP contribution in [0.25, 0.3) is 21.5 Å². The van der Waals surface area contributed by atoms with E-state index in [1.165, 1.54) is 0 Å². The Hall–Kier alpha value is -2.50. The van der Waals surface area contributed by atoms with E-state index in [1.54, 1.807) is 6.07 Å². The molecular formula is C24H32N2O3. The molecule has 5 nitrogen and oxygen atoms in total. The van der Waals surface area contributed by atoms with Crippen LogP contribution in [0.15, 0.2) is 42.5 Å². The second-order valence-corrected chi connectivity index (χ2v) is 7.18. The third kappa shape index (κ3) is 5.75. The predicted molar refractivity (Wildman–Crippen MR) is 120 cm³/mol. The molecule has 0 bridgehead atoms. The molecule has 29 heavy (non-hydrogen) atoms. The highest BCUT2D eigenvalue weighted by molar-refractivity contribution is 6.10. The second-order valence-electron chi connectivity index (χ2n) is 7.18. The van der Waals surface area contributed by atoms with Gasteiger partial charge in [0.2, 0.25) is 0 Å². The lowest BCUT2D eigenvalue weighted by atomic mass is 10.0. The van der Waals surface area contributed by atoms with Gasteiger partial charge >= 0.3 is 0 Å². The molecule has 3 rings (SSSR count). The Morgan fingerprint density at radius 2 is 1.28 bits per heavy atom. The predicted octanol–water partition coefficient (Wildman–Crippen LogP) is 4.46. The van der Waals surface area contributed by atoms with Crippen LogP contribution in [0.2, 0.25) is 0 Å². The van der Waals surface area contributed by atoms with E-state index in [1.807, 2.05) is 30.3 Å². The van der Waals surface area contributed by atoms with Gasteiger partial charge < -0.3 is 25.2 Å². The summed E-state index contributed by atoms with van der Waals surface area (Å²) in [6.45, 7) is 9.15. The largest absolute Gasteiger partial charge is 0.507 e. The summed E-state index contributed by atoms with van der Waals surface area (Å²) in [5, 5.41) is 21.1. The first kappa shape index (κ1) is 21.2. The molecule has 0 saturated heterocycles. The number of rotatable bonds is 12. The highest BCUT2D eigenvalue weighted by atomic mass is 16.5. The zero-order valence-electron chi connectivity index (χ0n) is 17.5. The molecule has 156 valence electrons. The molecular weight excluding hydrogens is 364 g/mol. The highest BCUT2D eigenvalue weighted by Gasteiger charge is 2.09. The fourth-order valence-electron chi connectivity index (χ4n) is 3.37. The Kier molecular flexibility index (Phi) is 7.96. The summed E-state index contributed by atoms with van der Waals surface area (Å²) in [4.78, 5) is 0. The molecule has 0 spiro atoms. The lowest BCUT2D eigenvalue weighted by Gasteiger charge is -2.12. The fraction of sp³-hybridized carbons (Fsp3) is 0.417. The summed E-state index contributed by atoms with van der Waals surface area (Å²) in [6, 6.07) is 13.7. The molecule has 0 aliphatic heterocycles. The van der Waals surface area contributed by atoms with Crippen molar-refractivity contribution in [1.82, 2.24) is 10.6 Å². The van der Waals surface area contributed by atoms with Crippen LogP contribution >= 0.6 is 0 Å². The minimum absolute atomic E-state index is 0.254. The lowest BCUT2D eigenvalue weighted by Crippen LogP contribution is -2.21. The average Bonchev–Trinajstić information content (AvgIpc) is 2.73. The van der Waals surface area contributed by atoms with Gasteiger partial charge in [-0.3, -0.25) is 0 Å². The minimum Gasteiger partial charge on any atom is -0.507 e. The number of aromatic hydroxyl groups is 1. The van der Waals surface area contributed by atoms with Crippen LogP contribution in [-0.2, 0) is 0 Å². The first-order valence-corrected chi connectivity index (χ1v) is 10.6. The van der Waals surface area contributed by atoms with Crippen LogP contribution in [0.5, 0.6) is 17.2 Å². The van der Waals surface area contributed by atoms with Crippen molar-refractivity contribution in [2.24, 2.45) is 0 Å². The smallest absolute Gasteiger partial charge is 0.124 e. The molecule has 0 saturated carbocycles. The van der Waals surface area contributed by atoms with E-state index in [0.29, 0.717) is 13.2 Å².